The molecule has 0 saturated carbocycles. The molecule has 21 heavy (non-hydrogen) atoms. The molecule has 0 fully saturated rings. The monoisotopic (exact) mass is 289 g/mol. The number of hydrogen-bond acceptors (Lipinski definition) is 5. The Morgan fingerprint density at radius 3 is 3.00 bits per heavy atom. The highest BCUT2D eigenvalue weighted by atomic mass is 16.5. The van der Waals surface area contributed by atoms with E-state index in [0.717, 1.165) is 5.82 Å². The van der Waals surface area contributed by atoms with Crippen molar-refractivity contribution < 1.29 is 9.53 Å². The quantitative estimate of drug-likeness (QED) is 0.729. The number of methoxy groups -OCH3 is 1. The topological polar surface area (TPSA) is 81.1 Å². The van der Waals surface area contributed by atoms with Crippen LogP contribution in [0.5, 0.6) is 5.75 Å². The van der Waals surface area contributed by atoms with E-state index in [0.29, 0.717) is 24.4 Å². The van der Waals surface area contributed by atoms with Crippen molar-refractivity contribution in [2.45, 2.75) is 6.42 Å². The normalized spacial score (nSPS) is 10.4. The van der Waals surface area contributed by atoms with Crippen LogP contribution in [-0.2, 0) is 18.3 Å². The molecule has 7 heteroatoms. The second-order valence-electron chi connectivity index (χ2n) is 4.54. The fraction of sp³-hybridized carbons (Fsp3) is 0.357. The number of hydrogen-bond donors (Lipinski definition) is 2. The first-order valence-electron chi connectivity index (χ1n) is 6.66. The molecule has 0 spiro atoms. The van der Waals surface area contributed by atoms with Gasteiger partial charge in [0.1, 0.15) is 12.1 Å². The van der Waals surface area contributed by atoms with E-state index >= 15 is 0 Å². The third-order valence-electron chi connectivity index (χ3n) is 2.81. The Hall–Kier alpha value is -2.41. The number of carbonyl (C=O) groups is 1. The third kappa shape index (κ3) is 4.88. The highest BCUT2D eigenvalue weighted by molar-refractivity contribution is 5.92. The molecule has 0 bridgehead atoms. The smallest absolute Gasteiger partial charge is 0.238 e. The number of aromatic nitrogens is 3. The molecule has 1 aromatic carbocycles. The standard InChI is InChI=1S/C14H19N5O2/c1-19-10-16-13(18-19)6-7-15-9-14(20)17-11-4-3-5-12(8-11)21-2/h3-5,8,10,15H,6-7,9H2,1-2H3,(H,17,20). The molecule has 0 aliphatic carbocycles. The molecule has 0 atom stereocenters. The van der Waals surface area contributed by atoms with Gasteiger partial charge in [0.05, 0.1) is 13.7 Å². The van der Waals surface area contributed by atoms with Gasteiger partial charge in [-0.3, -0.25) is 9.48 Å². The number of ether oxygens (including phenoxy) is 1. The Morgan fingerprint density at radius 2 is 2.29 bits per heavy atom. The summed E-state index contributed by atoms with van der Waals surface area (Å²) in [7, 11) is 3.42. The molecular formula is C14H19N5O2. The van der Waals surface area contributed by atoms with Gasteiger partial charge in [-0.2, -0.15) is 5.10 Å². The number of carbonyl (C=O) groups excluding carboxylic acids is 1. The van der Waals surface area contributed by atoms with Crippen molar-refractivity contribution in [2.75, 3.05) is 25.5 Å². The Balaban J connectivity index is 1.69. The van der Waals surface area contributed by atoms with Crippen molar-refractivity contribution in [3.05, 3.63) is 36.4 Å². The van der Waals surface area contributed by atoms with E-state index in [2.05, 4.69) is 20.7 Å². The van der Waals surface area contributed by atoms with Crippen LogP contribution < -0.4 is 15.4 Å². The zero-order valence-corrected chi connectivity index (χ0v) is 12.2. The van der Waals surface area contributed by atoms with E-state index in [9.17, 15) is 4.79 Å². The molecule has 2 rings (SSSR count). The summed E-state index contributed by atoms with van der Waals surface area (Å²) in [4.78, 5) is 15.9. The minimum absolute atomic E-state index is 0.0998. The van der Waals surface area contributed by atoms with E-state index in [4.69, 9.17) is 4.74 Å². The molecule has 1 heterocycles. The summed E-state index contributed by atoms with van der Waals surface area (Å²) >= 11 is 0. The summed E-state index contributed by atoms with van der Waals surface area (Å²) in [5.41, 5.74) is 0.715. The molecule has 112 valence electrons. The van der Waals surface area contributed by atoms with Gasteiger partial charge in [0.15, 0.2) is 5.82 Å². The number of amides is 1. The predicted octanol–water partition coefficient (Wildman–Crippen LogP) is 0.594. The fourth-order valence-corrected chi connectivity index (χ4v) is 1.81. The van der Waals surface area contributed by atoms with Crippen molar-refractivity contribution in [1.82, 2.24) is 20.1 Å². The molecular weight excluding hydrogens is 270 g/mol. The van der Waals surface area contributed by atoms with Crippen LogP contribution in [0.4, 0.5) is 5.69 Å². The van der Waals surface area contributed by atoms with Gasteiger partial charge in [-0.05, 0) is 12.1 Å². The van der Waals surface area contributed by atoms with Gasteiger partial charge in [-0.25, -0.2) is 4.98 Å². The number of nitrogens with zero attached hydrogens (tertiary/aromatic N) is 3. The first-order chi connectivity index (χ1) is 10.2. The lowest BCUT2D eigenvalue weighted by atomic mass is 10.3. The van der Waals surface area contributed by atoms with Gasteiger partial charge >= 0.3 is 0 Å². The van der Waals surface area contributed by atoms with Crippen molar-refractivity contribution in [3.8, 4) is 5.75 Å². The summed E-state index contributed by atoms with van der Waals surface area (Å²) in [6, 6.07) is 7.25. The van der Waals surface area contributed by atoms with Crippen molar-refractivity contribution in [1.29, 1.82) is 0 Å². The lowest BCUT2D eigenvalue weighted by Gasteiger charge is -2.07. The lowest BCUT2D eigenvalue weighted by Crippen LogP contribution is -2.29. The van der Waals surface area contributed by atoms with Gasteiger partial charge in [-0.15, -0.1) is 0 Å². The molecule has 0 aliphatic heterocycles. The second kappa shape index (κ2) is 7.39. The molecule has 2 N–H and O–H groups in total. The summed E-state index contributed by atoms with van der Waals surface area (Å²) in [6.45, 7) is 0.888. The van der Waals surface area contributed by atoms with E-state index in [1.165, 1.54) is 0 Å². The summed E-state index contributed by atoms with van der Waals surface area (Å²) < 4.78 is 6.76. The van der Waals surface area contributed by atoms with Crippen LogP contribution in [0.15, 0.2) is 30.6 Å². The number of rotatable bonds is 7. The fourth-order valence-electron chi connectivity index (χ4n) is 1.81. The predicted molar refractivity (Wildman–Crippen MR) is 79.2 cm³/mol. The van der Waals surface area contributed by atoms with Crippen LogP contribution in [0.1, 0.15) is 5.82 Å². The van der Waals surface area contributed by atoms with Crippen LogP contribution in [0.25, 0.3) is 0 Å². The Kier molecular flexibility index (Phi) is 5.28. The highest BCUT2D eigenvalue weighted by Crippen LogP contribution is 2.16. The largest absolute Gasteiger partial charge is 0.497 e. The van der Waals surface area contributed by atoms with Gasteiger partial charge in [0.2, 0.25) is 5.91 Å². The number of benzene rings is 1. The first-order valence-corrected chi connectivity index (χ1v) is 6.66. The summed E-state index contributed by atoms with van der Waals surface area (Å²) in [5.74, 6) is 1.37. The SMILES string of the molecule is COc1cccc(NC(=O)CNCCc2ncn(C)n2)c1. The van der Waals surface area contributed by atoms with E-state index in [1.807, 2.05) is 25.2 Å². The van der Waals surface area contributed by atoms with Gasteiger partial charge in [-0.1, -0.05) is 6.07 Å². The number of aryl methyl sites for hydroxylation is 1. The zero-order chi connectivity index (χ0) is 15.1. The van der Waals surface area contributed by atoms with Crippen LogP contribution in [0, 0.1) is 0 Å². The number of nitrogens with one attached hydrogen (secondary N) is 2. The minimum Gasteiger partial charge on any atom is -0.497 e. The van der Waals surface area contributed by atoms with Crippen molar-refractivity contribution >= 4 is 11.6 Å². The molecule has 0 unspecified atom stereocenters. The molecule has 7 nitrogen and oxygen atoms in total. The van der Waals surface area contributed by atoms with E-state index < -0.39 is 0 Å². The maximum atomic E-state index is 11.8. The Bertz CT molecular complexity index is 597. The minimum atomic E-state index is -0.0998. The second-order valence-corrected chi connectivity index (χ2v) is 4.54. The summed E-state index contributed by atoms with van der Waals surface area (Å²) in [6.07, 6.45) is 2.35. The molecule has 2 aromatic rings. The molecule has 0 radical (unpaired) electrons. The summed E-state index contributed by atoms with van der Waals surface area (Å²) in [5, 5.41) is 10.0. The molecule has 1 aromatic heterocycles. The van der Waals surface area contributed by atoms with Crippen molar-refractivity contribution in [2.24, 2.45) is 7.05 Å². The third-order valence-corrected chi connectivity index (χ3v) is 2.81. The maximum absolute atomic E-state index is 11.8. The van der Waals surface area contributed by atoms with Crippen LogP contribution in [-0.4, -0.2) is 40.9 Å². The van der Waals surface area contributed by atoms with Gasteiger partial charge in [0, 0.05) is 31.8 Å². The first kappa shape index (κ1) is 15.0. The van der Waals surface area contributed by atoms with E-state index in [1.54, 1.807) is 24.2 Å². The van der Waals surface area contributed by atoms with Gasteiger partial charge in [0.25, 0.3) is 0 Å². The van der Waals surface area contributed by atoms with Crippen LogP contribution in [0.3, 0.4) is 0 Å². The average molecular weight is 289 g/mol. The van der Waals surface area contributed by atoms with Crippen molar-refractivity contribution in [3.63, 3.8) is 0 Å². The maximum Gasteiger partial charge on any atom is 0.238 e. The van der Waals surface area contributed by atoms with Gasteiger partial charge < -0.3 is 15.4 Å². The molecule has 0 aliphatic rings. The molecule has 1 amide bonds. The molecule has 0 saturated heterocycles. The zero-order valence-electron chi connectivity index (χ0n) is 12.2. The average Bonchev–Trinajstić information content (AvgIpc) is 2.89. The Morgan fingerprint density at radius 1 is 1.43 bits per heavy atom. The Labute approximate surface area is 123 Å². The highest BCUT2D eigenvalue weighted by Gasteiger charge is 2.03. The van der Waals surface area contributed by atoms with E-state index in [-0.39, 0.29) is 12.5 Å². The van der Waals surface area contributed by atoms with Crippen LogP contribution >= 0.6 is 0 Å². The number of anilines is 1. The lowest BCUT2D eigenvalue weighted by molar-refractivity contribution is -0.115. The van der Waals surface area contributed by atoms with Crippen LogP contribution in [0.2, 0.25) is 0 Å².